The fourth-order valence-corrected chi connectivity index (χ4v) is 4.19. The molecular formula is C18H27BrN2. The molecule has 2 saturated heterocycles. The molecule has 1 aromatic rings. The van der Waals surface area contributed by atoms with Crippen molar-refractivity contribution in [1.82, 2.24) is 4.90 Å². The number of aryl methyl sites for hydroxylation is 1. The fourth-order valence-electron chi connectivity index (χ4n) is 3.84. The number of likely N-dealkylation sites (tertiary alicyclic amines) is 1. The van der Waals surface area contributed by atoms with E-state index in [1.54, 1.807) is 0 Å². The number of alkyl halides is 1. The summed E-state index contributed by atoms with van der Waals surface area (Å²) in [6.07, 6.45) is 5.54. The number of rotatable bonds is 4. The zero-order valence-electron chi connectivity index (χ0n) is 13.2. The van der Waals surface area contributed by atoms with E-state index in [-0.39, 0.29) is 0 Å². The van der Waals surface area contributed by atoms with Crippen LogP contribution in [0.25, 0.3) is 0 Å². The van der Waals surface area contributed by atoms with E-state index in [1.165, 1.54) is 75.2 Å². The first kappa shape index (κ1) is 15.4. The van der Waals surface area contributed by atoms with Crippen LogP contribution in [0.2, 0.25) is 0 Å². The summed E-state index contributed by atoms with van der Waals surface area (Å²) in [4.78, 5) is 5.27. The predicted octanol–water partition coefficient (Wildman–Crippen LogP) is 4.20. The molecule has 0 bridgehead atoms. The second-order valence-corrected chi connectivity index (χ2v) is 7.25. The Hall–Kier alpha value is -0.540. The van der Waals surface area contributed by atoms with Gasteiger partial charge in [-0.2, -0.15) is 0 Å². The second-order valence-electron chi connectivity index (χ2n) is 6.69. The Morgan fingerprint density at radius 2 is 1.81 bits per heavy atom. The molecule has 3 rings (SSSR count). The van der Waals surface area contributed by atoms with Crippen molar-refractivity contribution in [2.24, 2.45) is 5.92 Å². The third kappa shape index (κ3) is 3.81. The summed E-state index contributed by atoms with van der Waals surface area (Å²) in [5, 5.41) is 0.950. The summed E-state index contributed by atoms with van der Waals surface area (Å²) in [5.41, 5.74) is 4.24. The monoisotopic (exact) mass is 350 g/mol. The Kier molecular flexibility index (Phi) is 5.23. The fraction of sp³-hybridized carbons (Fsp3) is 0.667. The second kappa shape index (κ2) is 7.15. The minimum absolute atomic E-state index is 0.918. The number of hydrogen-bond donors (Lipinski definition) is 0. The lowest BCUT2D eigenvalue weighted by atomic mass is 9.95. The normalized spacial score (nSPS) is 21.1. The molecule has 0 atom stereocenters. The molecule has 0 N–H and O–H groups in total. The molecule has 2 aliphatic rings. The SMILES string of the molecule is Cc1cc(CBr)ccc1N1CCC(CN2CCCC2)CC1. The van der Waals surface area contributed by atoms with Crippen molar-refractivity contribution >= 4 is 21.6 Å². The Bertz CT molecular complexity index is 460. The highest BCUT2D eigenvalue weighted by Gasteiger charge is 2.23. The standard InChI is InChI=1S/C18H27BrN2/c1-15-12-17(13-19)4-5-18(15)21-10-6-16(7-11-21)14-20-8-2-3-9-20/h4-5,12,16H,2-3,6-11,13-14H2,1H3. The molecule has 116 valence electrons. The summed E-state index contributed by atoms with van der Waals surface area (Å²) >= 11 is 3.54. The maximum absolute atomic E-state index is 3.54. The highest BCUT2D eigenvalue weighted by Crippen LogP contribution is 2.28. The van der Waals surface area contributed by atoms with Crippen molar-refractivity contribution in [2.75, 3.05) is 37.6 Å². The maximum Gasteiger partial charge on any atom is 0.0396 e. The molecule has 3 heteroatoms. The van der Waals surface area contributed by atoms with Gasteiger partial charge in [0.15, 0.2) is 0 Å². The van der Waals surface area contributed by atoms with E-state index in [1.807, 2.05) is 0 Å². The van der Waals surface area contributed by atoms with Gasteiger partial charge >= 0.3 is 0 Å². The molecule has 0 aliphatic carbocycles. The highest BCUT2D eigenvalue weighted by atomic mass is 79.9. The molecule has 0 amide bonds. The van der Waals surface area contributed by atoms with Crippen LogP contribution in [0.15, 0.2) is 18.2 Å². The number of nitrogens with zero attached hydrogens (tertiary/aromatic N) is 2. The lowest BCUT2D eigenvalue weighted by Gasteiger charge is -2.36. The number of benzene rings is 1. The van der Waals surface area contributed by atoms with E-state index < -0.39 is 0 Å². The first-order valence-electron chi connectivity index (χ1n) is 8.39. The molecule has 0 radical (unpaired) electrons. The van der Waals surface area contributed by atoms with Crippen LogP contribution < -0.4 is 4.90 Å². The van der Waals surface area contributed by atoms with Crippen LogP contribution in [0.1, 0.15) is 36.8 Å². The van der Waals surface area contributed by atoms with Gasteiger partial charge in [0.1, 0.15) is 0 Å². The molecule has 0 aromatic heterocycles. The van der Waals surface area contributed by atoms with Crippen molar-refractivity contribution in [1.29, 1.82) is 0 Å². The quantitative estimate of drug-likeness (QED) is 0.750. The van der Waals surface area contributed by atoms with E-state index in [2.05, 4.69) is 50.9 Å². The Morgan fingerprint density at radius 3 is 2.43 bits per heavy atom. The van der Waals surface area contributed by atoms with E-state index in [4.69, 9.17) is 0 Å². The third-order valence-electron chi connectivity index (χ3n) is 5.09. The zero-order valence-corrected chi connectivity index (χ0v) is 14.7. The van der Waals surface area contributed by atoms with E-state index in [0.29, 0.717) is 0 Å². The molecule has 2 heterocycles. The first-order valence-corrected chi connectivity index (χ1v) is 9.51. The van der Waals surface area contributed by atoms with Gasteiger partial charge in [-0.25, -0.2) is 0 Å². The van der Waals surface area contributed by atoms with Gasteiger partial charge in [-0.15, -0.1) is 0 Å². The average Bonchev–Trinajstić information content (AvgIpc) is 3.01. The number of piperidine rings is 1. The molecule has 0 saturated carbocycles. The van der Waals surface area contributed by atoms with E-state index in [0.717, 1.165) is 11.2 Å². The Labute approximate surface area is 137 Å². The van der Waals surface area contributed by atoms with Gasteiger partial charge in [-0.3, -0.25) is 0 Å². The molecular weight excluding hydrogens is 324 g/mol. The zero-order chi connectivity index (χ0) is 14.7. The van der Waals surface area contributed by atoms with E-state index in [9.17, 15) is 0 Å². The number of anilines is 1. The van der Waals surface area contributed by atoms with Crippen LogP contribution in [-0.2, 0) is 5.33 Å². The van der Waals surface area contributed by atoms with Crippen LogP contribution in [0, 0.1) is 12.8 Å². The van der Waals surface area contributed by atoms with Crippen molar-refractivity contribution in [3.63, 3.8) is 0 Å². The lowest BCUT2D eigenvalue weighted by Crippen LogP contribution is -2.38. The van der Waals surface area contributed by atoms with Gasteiger partial charge in [-0.05, 0) is 68.8 Å². The minimum atomic E-state index is 0.918. The van der Waals surface area contributed by atoms with Gasteiger partial charge < -0.3 is 9.80 Å². The van der Waals surface area contributed by atoms with Crippen LogP contribution >= 0.6 is 15.9 Å². The lowest BCUT2D eigenvalue weighted by molar-refractivity contribution is 0.249. The van der Waals surface area contributed by atoms with Gasteiger partial charge in [0.2, 0.25) is 0 Å². The smallest absolute Gasteiger partial charge is 0.0396 e. The molecule has 0 unspecified atom stereocenters. The van der Waals surface area contributed by atoms with Crippen LogP contribution in [0.4, 0.5) is 5.69 Å². The van der Waals surface area contributed by atoms with Gasteiger partial charge in [-0.1, -0.05) is 28.1 Å². The van der Waals surface area contributed by atoms with Crippen LogP contribution in [-0.4, -0.2) is 37.6 Å². The maximum atomic E-state index is 3.54. The van der Waals surface area contributed by atoms with Crippen LogP contribution in [0.5, 0.6) is 0 Å². The predicted molar refractivity (Wildman–Crippen MR) is 94.4 cm³/mol. The molecule has 21 heavy (non-hydrogen) atoms. The van der Waals surface area contributed by atoms with Gasteiger partial charge in [0.25, 0.3) is 0 Å². The summed E-state index contributed by atoms with van der Waals surface area (Å²) in [5.74, 6) is 0.918. The topological polar surface area (TPSA) is 6.48 Å². The van der Waals surface area contributed by atoms with Gasteiger partial charge in [0.05, 0.1) is 0 Å². The highest BCUT2D eigenvalue weighted by molar-refractivity contribution is 9.08. The molecule has 2 fully saturated rings. The van der Waals surface area contributed by atoms with Crippen molar-refractivity contribution in [3.05, 3.63) is 29.3 Å². The average molecular weight is 351 g/mol. The molecule has 1 aromatic carbocycles. The van der Waals surface area contributed by atoms with Crippen molar-refractivity contribution in [2.45, 2.75) is 37.9 Å². The summed E-state index contributed by atoms with van der Waals surface area (Å²) in [7, 11) is 0. The van der Waals surface area contributed by atoms with Gasteiger partial charge in [0, 0.05) is 30.7 Å². The van der Waals surface area contributed by atoms with E-state index >= 15 is 0 Å². The molecule has 0 spiro atoms. The number of hydrogen-bond acceptors (Lipinski definition) is 2. The summed E-state index contributed by atoms with van der Waals surface area (Å²) < 4.78 is 0. The summed E-state index contributed by atoms with van der Waals surface area (Å²) in [6, 6.07) is 6.89. The molecule has 2 aliphatic heterocycles. The Morgan fingerprint density at radius 1 is 1.10 bits per heavy atom. The van der Waals surface area contributed by atoms with Crippen molar-refractivity contribution < 1.29 is 0 Å². The third-order valence-corrected chi connectivity index (χ3v) is 5.73. The van der Waals surface area contributed by atoms with Crippen molar-refractivity contribution in [3.8, 4) is 0 Å². The van der Waals surface area contributed by atoms with Crippen LogP contribution in [0.3, 0.4) is 0 Å². The minimum Gasteiger partial charge on any atom is -0.371 e. The Balaban J connectivity index is 1.55. The summed E-state index contributed by atoms with van der Waals surface area (Å²) in [6.45, 7) is 8.73. The largest absolute Gasteiger partial charge is 0.371 e. The number of halogens is 1. The first-order chi connectivity index (χ1) is 10.3. The molecule has 2 nitrogen and oxygen atoms in total.